The number of rotatable bonds is 7. The molecule has 1 aromatic heterocycles. The van der Waals surface area contributed by atoms with Crippen molar-refractivity contribution in [3.63, 3.8) is 0 Å². The van der Waals surface area contributed by atoms with E-state index in [-0.39, 0.29) is 5.91 Å². The Morgan fingerprint density at radius 3 is 2.57 bits per heavy atom. The molecule has 0 saturated heterocycles. The third-order valence-corrected chi connectivity index (χ3v) is 4.82. The van der Waals surface area contributed by atoms with E-state index in [1.54, 1.807) is 25.3 Å². The molecule has 0 aliphatic heterocycles. The molecule has 1 amide bonds. The summed E-state index contributed by atoms with van der Waals surface area (Å²) in [5.74, 6) is 0.395. The third kappa shape index (κ3) is 4.57. The molecule has 0 unspecified atom stereocenters. The lowest BCUT2D eigenvalue weighted by Crippen LogP contribution is -2.22. The van der Waals surface area contributed by atoms with Gasteiger partial charge in [-0.25, -0.2) is 9.97 Å². The lowest BCUT2D eigenvalue weighted by Gasteiger charge is -2.17. The van der Waals surface area contributed by atoms with Crippen LogP contribution in [-0.2, 0) is 4.79 Å². The molecule has 146 valence electrons. The van der Waals surface area contributed by atoms with E-state index in [2.05, 4.69) is 25.6 Å². The van der Waals surface area contributed by atoms with Gasteiger partial charge in [0.25, 0.3) is 5.91 Å². The van der Waals surface area contributed by atoms with Crippen molar-refractivity contribution < 1.29 is 4.79 Å². The molecule has 2 aromatic rings. The van der Waals surface area contributed by atoms with Crippen LogP contribution in [0.4, 0.5) is 11.5 Å². The second kappa shape index (κ2) is 8.97. The van der Waals surface area contributed by atoms with Gasteiger partial charge in [-0.3, -0.25) is 9.79 Å². The maximum Gasteiger partial charge on any atom is 0.257 e. The SMILES string of the molecule is CC=C(C(=O)Nc1c(NC2CC2)ncnc1-c1ccc(Cl)cc1)C(CC)=NC. The highest BCUT2D eigenvalue weighted by Crippen LogP contribution is 2.34. The lowest BCUT2D eigenvalue weighted by atomic mass is 10.1. The standard InChI is InChI=1S/C21H24ClN5O/c1-4-16(17(5-2)23-3)21(28)27-19-18(13-6-8-14(22)9-7-13)24-12-25-20(19)26-15-10-11-15/h4,6-9,12,15H,5,10-11H2,1-3H3,(H,27,28)(H,24,25,26). The van der Waals surface area contributed by atoms with Crippen LogP contribution in [0.3, 0.4) is 0 Å². The Morgan fingerprint density at radius 2 is 2.00 bits per heavy atom. The zero-order chi connectivity index (χ0) is 20.1. The Bertz CT molecular complexity index is 917. The van der Waals surface area contributed by atoms with Gasteiger partial charge in [0, 0.05) is 29.4 Å². The van der Waals surface area contributed by atoms with E-state index in [0.717, 1.165) is 24.1 Å². The van der Waals surface area contributed by atoms with Gasteiger partial charge in [0.05, 0.1) is 11.3 Å². The minimum Gasteiger partial charge on any atom is -0.365 e. The summed E-state index contributed by atoms with van der Waals surface area (Å²) < 4.78 is 0. The second-order valence-electron chi connectivity index (χ2n) is 6.55. The average molecular weight is 398 g/mol. The first-order valence-electron chi connectivity index (χ1n) is 9.38. The largest absolute Gasteiger partial charge is 0.365 e. The normalized spacial score (nSPS) is 14.7. The number of hydrogen-bond donors (Lipinski definition) is 2. The van der Waals surface area contributed by atoms with Crippen molar-refractivity contribution in [1.82, 2.24) is 9.97 Å². The molecular formula is C21H24ClN5O. The summed E-state index contributed by atoms with van der Waals surface area (Å²) in [6.45, 7) is 3.81. The van der Waals surface area contributed by atoms with E-state index in [1.165, 1.54) is 6.33 Å². The van der Waals surface area contributed by atoms with E-state index in [1.807, 2.05) is 26.0 Å². The number of aliphatic imine (C=N–C) groups is 1. The number of hydrogen-bond acceptors (Lipinski definition) is 5. The monoisotopic (exact) mass is 397 g/mol. The van der Waals surface area contributed by atoms with Crippen LogP contribution in [0, 0.1) is 0 Å². The van der Waals surface area contributed by atoms with Gasteiger partial charge in [-0.05, 0) is 38.3 Å². The second-order valence-corrected chi connectivity index (χ2v) is 6.99. The topological polar surface area (TPSA) is 79.3 Å². The fourth-order valence-corrected chi connectivity index (χ4v) is 3.07. The van der Waals surface area contributed by atoms with Crippen molar-refractivity contribution in [2.45, 2.75) is 39.2 Å². The van der Waals surface area contributed by atoms with Crippen LogP contribution in [-0.4, -0.2) is 34.7 Å². The van der Waals surface area contributed by atoms with Crippen molar-refractivity contribution in [3.8, 4) is 11.3 Å². The molecule has 2 N–H and O–H groups in total. The van der Waals surface area contributed by atoms with Gasteiger partial charge in [-0.1, -0.05) is 36.7 Å². The van der Waals surface area contributed by atoms with Gasteiger partial charge in [0.1, 0.15) is 12.0 Å². The molecule has 1 saturated carbocycles. The highest BCUT2D eigenvalue weighted by Gasteiger charge is 2.25. The Kier molecular flexibility index (Phi) is 6.41. The van der Waals surface area contributed by atoms with Crippen molar-refractivity contribution in [2.75, 3.05) is 17.7 Å². The minimum atomic E-state index is -0.228. The fraction of sp³-hybridized carbons (Fsp3) is 0.333. The first-order chi connectivity index (χ1) is 13.6. The molecule has 3 rings (SSSR count). The number of nitrogens with zero attached hydrogens (tertiary/aromatic N) is 3. The number of allylic oxidation sites excluding steroid dienone is 1. The van der Waals surface area contributed by atoms with Crippen LogP contribution in [0.25, 0.3) is 11.3 Å². The van der Waals surface area contributed by atoms with Crippen LogP contribution in [0.15, 0.2) is 47.2 Å². The predicted octanol–water partition coefficient (Wildman–Crippen LogP) is 4.74. The predicted molar refractivity (Wildman–Crippen MR) is 115 cm³/mol. The van der Waals surface area contributed by atoms with Crippen LogP contribution < -0.4 is 10.6 Å². The number of halogens is 1. The van der Waals surface area contributed by atoms with Crippen LogP contribution in [0.2, 0.25) is 5.02 Å². The Hall–Kier alpha value is -2.73. The van der Waals surface area contributed by atoms with E-state index in [0.29, 0.717) is 40.3 Å². The molecule has 0 atom stereocenters. The first kappa shape index (κ1) is 20.0. The van der Waals surface area contributed by atoms with Crippen molar-refractivity contribution in [1.29, 1.82) is 0 Å². The molecule has 1 fully saturated rings. The van der Waals surface area contributed by atoms with Gasteiger partial charge in [0.15, 0.2) is 5.82 Å². The van der Waals surface area contributed by atoms with Crippen LogP contribution in [0.1, 0.15) is 33.1 Å². The number of carbonyl (C=O) groups is 1. The lowest BCUT2D eigenvalue weighted by molar-refractivity contribution is -0.112. The summed E-state index contributed by atoms with van der Waals surface area (Å²) in [5.41, 5.74) is 3.36. The number of amides is 1. The maximum absolute atomic E-state index is 13.0. The van der Waals surface area contributed by atoms with Crippen LogP contribution in [0.5, 0.6) is 0 Å². The summed E-state index contributed by atoms with van der Waals surface area (Å²) >= 11 is 6.02. The minimum absolute atomic E-state index is 0.228. The van der Waals surface area contributed by atoms with Gasteiger partial charge >= 0.3 is 0 Å². The molecule has 1 heterocycles. The summed E-state index contributed by atoms with van der Waals surface area (Å²) in [5, 5.41) is 7.04. The number of anilines is 2. The first-order valence-corrected chi connectivity index (χ1v) is 9.76. The van der Waals surface area contributed by atoms with Gasteiger partial charge in [-0.15, -0.1) is 0 Å². The molecule has 7 heteroatoms. The average Bonchev–Trinajstić information content (AvgIpc) is 3.52. The Balaban J connectivity index is 2.01. The number of benzene rings is 1. The van der Waals surface area contributed by atoms with Crippen molar-refractivity contribution >= 4 is 34.7 Å². The van der Waals surface area contributed by atoms with Crippen LogP contribution >= 0.6 is 11.6 Å². The van der Waals surface area contributed by atoms with Gasteiger partial charge < -0.3 is 10.6 Å². The Labute approximate surface area is 170 Å². The zero-order valence-corrected chi connectivity index (χ0v) is 17.0. The summed E-state index contributed by atoms with van der Waals surface area (Å²) in [6, 6.07) is 7.74. The number of nitrogens with one attached hydrogen (secondary N) is 2. The summed E-state index contributed by atoms with van der Waals surface area (Å²) in [7, 11) is 1.69. The molecular weight excluding hydrogens is 374 g/mol. The molecule has 1 aliphatic rings. The molecule has 6 nitrogen and oxygen atoms in total. The summed E-state index contributed by atoms with van der Waals surface area (Å²) in [4.78, 5) is 26.1. The zero-order valence-electron chi connectivity index (χ0n) is 16.3. The number of aromatic nitrogens is 2. The van der Waals surface area contributed by atoms with Gasteiger partial charge in [-0.2, -0.15) is 0 Å². The van der Waals surface area contributed by atoms with Gasteiger partial charge in [0.2, 0.25) is 0 Å². The molecule has 0 spiro atoms. The third-order valence-electron chi connectivity index (χ3n) is 4.57. The van der Waals surface area contributed by atoms with E-state index < -0.39 is 0 Å². The molecule has 0 radical (unpaired) electrons. The van der Waals surface area contributed by atoms with Crippen molar-refractivity contribution in [2.24, 2.45) is 4.99 Å². The maximum atomic E-state index is 13.0. The number of carbonyl (C=O) groups excluding carboxylic acids is 1. The van der Waals surface area contributed by atoms with Crippen molar-refractivity contribution in [3.05, 3.63) is 47.3 Å². The quantitative estimate of drug-likeness (QED) is 0.522. The molecule has 1 aromatic carbocycles. The van der Waals surface area contributed by atoms with E-state index >= 15 is 0 Å². The smallest absolute Gasteiger partial charge is 0.257 e. The molecule has 1 aliphatic carbocycles. The summed E-state index contributed by atoms with van der Waals surface area (Å²) in [6.07, 6.45) is 6.14. The highest BCUT2D eigenvalue weighted by atomic mass is 35.5. The fourth-order valence-electron chi connectivity index (χ4n) is 2.94. The van der Waals surface area contributed by atoms with E-state index in [9.17, 15) is 4.79 Å². The Morgan fingerprint density at radius 1 is 1.29 bits per heavy atom. The van der Waals surface area contributed by atoms with E-state index in [4.69, 9.17) is 11.6 Å². The highest BCUT2D eigenvalue weighted by molar-refractivity contribution is 6.30. The molecule has 28 heavy (non-hydrogen) atoms. The molecule has 0 bridgehead atoms.